The van der Waals surface area contributed by atoms with E-state index in [4.69, 9.17) is 19.0 Å². The average molecular weight is 723 g/mol. The van der Waals surface area contributed by atoms with Gasteiger partial charge in [0.05, 0.1) is 6.04 Å². The second-order valence-electron chi connectivity index (χ2n) is 13.1. The Hall–Kier alpha value is -4.79. The van der Waals surface area contributed by atoms with Crippen LogP contribution in [0.4, 0.5) is 9.59 Å². The Morgan fingerprint density at radius 3 is 2.27 bits per heavy atom. The van der Waals surface area contributed by atoms with Crippen molar-refractivity contribution in [1.29, 1.82) is 0 Å². The molecule has 0 aliphatic carbocycles. The Morgan fingerprint density at radius 2 is 1.58 bits per heavy atom. The van der Waals surface area contributed by atoms with Crippen LogP contribution < -0.4 is 21.4 Å². The van der Waals surface area contributed by atoms with Gasteiger partial charge in [0, 0.05) is 45.2 Å². The predicted molar refractivity (Wildman–Crippen MR) is 197 cm³/mol. The SMILES string of the molecule is CCOC(OCC)[C@H](C)N(Cc1cccc2ccccc12)C(=O)[C@H](CCCCNC(=O)OC(C)(C)C)NC(=O)CONC(=O)NCc1ccncc1. The summed E-state index contributed by atoms with van der Waals surface area (Å²) in [4.78, 5) is 63.0. The van der Waals surface area contributed by atoms with Crippen LogP contribution in [-0.4, -0.2) is 84.2 Å². The van der Waals surface area contributed by atoms with Crippen LogP contribution in [0.5, 0.6) is 0 Å². The fourth-order valence-electron chi connectivity index (χ4n) is 5.40. The summed E-state index contributed by atoms with van der Waals surface area (Å²) in [5, 5.41) is 10.2. The lowest BCUT2D eigenvalue weighted by atomic mass is 10.0. The van der Waals surface area contributed by atoms with Crippen LogP contribution in [0.15, 0.2) is 67.0 Å². The minimum atomic E-state index is -0.973. The highest BCUT2D eigenvalue weighted by molar-refractivity contribution is 5.89. The van der Waals surface area contributed by atoms with Crippen molar-refractivity contribution in [2.24, 2.45) is 0 Å². The van der Waals surface area contributed by atoms with E-state index in [1.165, 1.54) is 0 Å². The zero-order chi connectivity index (χ0) is 37.9. The van der Waals surface area contributed by atoms with Crippen molar-refractivity contribution in [3.8, 4) is 0 Å². The van der Waals surface area contributed by atoms with Gasteiger partial charge in [-0.1, -0.05) is 42.5 Å². The summed E-state index contributed by atoms with van der Waals surface area (Å²) in [6.45, 7) is 11.9. The number of benzene rings is 2. The van der Waals surface area contributed by atoms with Gasteiger partial charge < -0.3 is 35.1 Å². The minimum absolute atomic E-state index is 0.222. The van der Waals surface area contributed by atoms with Gasteiger partial charge in [0.15, 0.2) is 12.9 Å². The summed E-state index contributed by atoms with van der Waals surface area (Å²) >= 11 is 0. The number of carbonyl (C=O) groups is 4. The molecular weight excluding hydrogens is 668 g/mol. The third-order valence-corrected chi connectivity index (χ3v) is 7.84. The zero-order valence-electron chi connectivity index (χ0n) is 31.1. The maximum absolute atomic E-state index is 14.6. The van der Waals surface area contributed by atoms with Crippen molar-refractivity contribution in [1.82, 2.24) is 31.3 Å². The number of amides is 5. The Bertz CT molecular complexity index is 1560. The number of aromatic nitrogens is 1. The minimum Gasteiger partial charge on any atom is -0.444 e. The second kappa shape index (κ2) is 21.5. The van der Waals surface area contributed by atoms with E-state index in [1.807, 2.05) is 63.2 Å². The fraction of sp³-hybridized carbons (Fsp3) is 0.500. The molecule has 0 aliphatic rings. The molecule has 5 amide bonds. The van der Waals surface area contributed by atoms with E-state index in [0.29, 0.717) is 32.6 Å². The van der Waals surface area contributed by atoms with Crippen LogP contribution in [0.2, 0.25) is 0 Å². The number of fused-ring (bicyclic) bond motifs is 1. The van der Waals surface area contributed by atoms with Crippen LogP contribution >= 0.6 is 0 Å². The van der Waals surface area contributed by atoms with Gasteiger partial charge in [0.1, 0.15) is 11.6 Å². The van der Waals surface area contributed by atoms with Crippen LogP contribution in [0, 0.1) is 0 Å². The molecule has 3 rings (SSSR count). The largest absolute Gasteiger partial charge is 0.444 e. The molecule has 0 bridgehead atoms. The Labute approximate surface area is 306 Å². The summed E-state index contributed by atoms with van der Waals surface area (Å²) in [5.74, 6) is -0.954. The number of carbonyl (C=O) groups excluding carboxylic acids is 4. The van der Waals surface area contributed by atoms with Gasteiger partial charge in [0.2, 0.25) is 11.8 Å². The number of rotatable bonds is 20. The van der Waals surface area contributed by atoms with Gasteiger partial charge in [-0.3, -0.25) is 19.4 Å². The van der Waals surface area contributed by atoms with Crippen molar-refractivity contribution in [2.45, 2.75) is 97.9 Å². The quantitative estimate of drug-likeness (QED) is 0.0716. The van der Waals surface area contributed by atoms with Crippen LogP contribution in [0.1, 0.15) is 71.9 Å². The number of hydrogen-bond donors (Lipinski definition) is 4. The number of ether oxygens (including phenoxy) is 3. The number of unbranched alkanes of at least 4 members (excludes halogenated alkanes) is 1. The lowest BCUT2D eigenvalue weighted by Crippen LogP contribution is -2.55. The van der Waals surface area contributed by atoms with Gasteiger partial charge >= 0.3 is 12.1 Å². The number of alkyl carbamates (subject to hydrolysis) is 1. The molecule has 0 aliphatic heterocycles. The molecule has 0 saturated carbocycles. The summed E-state index contributed by atoms with van der Waals surface area (Å²) in [6.07, 6.45) is 3.24. The highest BCUT2D eigenvalue weighted by Crippen LogP contribution is 2.23. The first-order chi connectivity index (χ1) is 24.9. The van der Waals surface area contributed by atoms with Gasteiger partial charge in [-0.2, -0.15) is 0 Å². The number of hydrogen-bond acceptors (Lipinski definition) is 9. The monoisotopic (exact) mass is 722 g/mol. The Balaban J connectivity index is 1.77. The van der Waals surface area contributed by atoms with E-state index in [2.05, 4.69) is 26.4 Å². The van der Waals surface area contributed by atoms with Gasteiger partial charge in [-0.05, 0) is 94.8 Å². The predicted octanol–water partition coefficient (Wildman–Crippen LogP) is 4.96. The van der Waals surface area contributed by atoms with Crippen molar-refractivity contribution < 1.29 is 38.2 Å². The molecule has 52 heavy (non-hydrogen) atoms. The zero-order valence-corrected chi connectivity index (χ0v) is 31.1. The van der Waals surface area contributed by atoms with Crippen LogP contribution in [0.25, 0.3) is 10.8 Å². The van der Waals surface area contributed by atoms with E-state index in [9.17, 15) is 19.2 Å². The van der Waals surface area contributed by atoms with E-state index in [-0.39, 0.29) is 25.4 Å². The lowest BCUT2D eigenvalue weighted by Gasteiger charge is -2.37. The number of hydroxylamine groups is 1. The first-order valence-corrected chi connectivity index (χ1v) is 17.7. The summed E-state index contributed by atoms with van der Waals surface area (Å²) in [5.41, 5.74) is 3.32. The standard InChI is InChI=1S/C38H54N6O8/c1-7-49-35(50-8-2)27(3)44(25-30-16-13-15-29-14-9-10-17-31(29)30)34(46)32(18-11-12-21-40-37(48)52-38(4,5)6)42-33(45)26-51-43-36(47)41-24-28-19-22-39-23-20-28/h9-10,13-17,19-20,22-23,27,32,35H,7-8,11-12,18,21,24-26H2,1-6H3,(H,40,48)(H,42,45)(H2,41,43,47)/t27-,32-/m0/s1. The smallest absolute Gasteiger partial charge is 0.407 e. The molecule has 4 N–H and O–H groups in total. The van der Waals surface area contributed by atoms with Crippen LogP contribution in [-0.2, 0) is 41.7 Å². The van der Waals surface area contributed by atoms with E-state index in [1.54, 1.807) is 50.2 Å². The van der Waals surface area contributed by atoms with Gasteiger partial charge in [-0.25, -0.2) is 15.1 Å². The number of urea groups is 1. The maximum Gasteiger partial charge on any atom is 0.407 e. The van der Waals surface area contributed by atoms with Gasteiger partial charge in [-0.15, -0.1) is 0 Å². The maximum atomic E-state index is 14.6. The number of pyridine rings is 1. The molecule has 0 spiro atoms. The molecule has 1 heterocycles. The highest BCUT2D eigenvalue weighted by Gasteiger charge is 2.34. The average Bonchev–Trinajstić information content (AvgIpc) is 3.11. The Kier molecular flexibility index (Phi) is 17.2. The molecule has 0 fully saturated rings. The van der Waals surface area contributed by atoms with E-state index >= 15 is 0 Å². The van der Waals surface area contributed by atoms with Crippen LogP contribution in [0.3, 0.4) is 0 Å². The van der Waals surface area contributed by atoms with Crippen molar-refractivity contribution >= 4 is 34.7 Å². The molecule has 3 aromatic rings. The molecule has 14 nitrogen and oxygen atoms in total. The first kappa shape index (κ1) is 41.6. The molecule has 0 radical (unpaired) electrons. The highest BCUT2D eigenvalue weighted by atomic mass is 16.7. The van der Waals surface area contributed by atoms with Crippen molar-refractivity contribution in [3.05, 3.63) is 78.1 Å². The third kappa shape index (κ3) is 14.4. The molecule has 14 heteroatoms. The summed E-state index contributed by atoms with van der Waals surface area (Å²) in [7, 11) is 0. The Morgan fingerprint density at radius 1 is 0.885 bits per heavy atom. The molecule has 0 unspecified atom stereocenters. The summed E-state index contributed by atoms with van der Waals surface area (Å²) < 4.78 is 17.2. The summed E-state index contributed by atoms with van der Waals surface area (Å²) in [6, 6.07) is 15.2. The van der Waals surface area contributed by atoms with Crippen molar-refractivity contribution in [3.63, 3.8) is 0 Å². The molecular formula is C38H54N6O8. The number of nitrogens with zero attached hydrogens (tertiary/aromatic N) is 2. The second-order valence-corrected chi connectivity index (χ2v) is 13.1. The third-order valence-electron chi connectivity index (χ3n) is 7.84. The normalized spacial score (nSPS) is 12.5. The van der Waals surface area contributed by atoms with E-state index < -0.39 is 48.6 Å². The topological polar surface area (TPSA) is 169 Å². The lowest BCUT2D eigenvalue weighted by molar-refractivity contribution is -0.180. The molecule has 2 aromatic carbocycles. The number of nitrogens with one attached hydrogen (secondary N) is 4. The first-order valence-electron chi connectivity index (χ1n) is 17.7. The molecule has 2 atom stereocenters. The fourth-order valence-corrected chi connectivity index (χ4v) is 5.40. The molecule has 1 aromatic heterocycles. The van der Waals surface area contributed by atoms with Crippen molar-refractivity contribution in [2.75, 3.05) is 26.4 Å². The molecule has 284 valence electrons. The van der Waals surface area contributed by atoms with Gasteiger partial charge in [0.25, 0.3) is 0 Å². The van der Waals surface area contributed by atoms with E-state index in [0.717, 1.165) is 21.9 Å². The molecule has 0 saturated heterocycles.